The van der Waals surface area contributed by atoms with Crippen LogP contribution in [0.3, 0.4) is 0 Å². The number of ether oxygens (including phenoxy) is 1. The Morgan fingerprint density at radius 3 is 2.53 bits per heavy atom. The highest BCUT2D eigenvalue weighted by atomic mass is 16.5. The number of hydrogen-bond acceptors (Lipinski definition) is 5. The van der Waals surface area contributed by atoms with Gasteiger partial charge < -0.3 is 20.3 Å². The molecule has 0 spiro atoms. The first-order chi connectivity index (χ1) is 7.85. The lowest BCUT2D eigenvalue weighted by Crippen LogP contribution is -2.44. The van der Waals surface area contributed by atoms with Crippen LogP contribution in [0.25, 0.3) is 0 Å². The third-order valence-corrected chi connectivity index (χ3v) is 2.13. The molecule has 1 atom stereocenters. The van der Waals surface area contributed by atoms with Crippen molar-refractivity contribution in [2.45, 2.75) is 26.9 Å². The van der Waals surface area contributed by atoms with E-state index in [4.69, 9.17) is 5.11 Å². The van der Waals surface area contributed by atoms with Gasteiger partial charge in [-0.05, 0) is 6.92 Å². The van der Waals surface area contributed by atoms with Gasteiger partial charge in [0.15, 0.2) is 0 Å². The van der Waals surface area contributed by atoms with Crippen molar-refractivity contribution in [2.24, 2.45) is 5.41 Å². The van der Waals surface area contributed by atoms with Crippen LogP contribution in [0, 0.1) is 5.41 Å². The van der Waals surface area contributed by atoms with Crippen LogP contribution in [-0.4, -0.2) is 41.4 Å². The molecule has 0 aromatic carbocycles. The molecule has 0 bridgehead atoms. The Balaban J connectivity index is 4.23. The molecule has 0 saturated heterocycles. The summed E-state index contributed by atoms with van der Waals surface area (Å²) in [6, 6.07) is 0. The molecule has 6 heteroatoms. The summed E-state index contributed by atoms with van der Waals surface area (Å²) in [5, 5.41) is 20.8. The summed E-state index contributed by atoms with van der Waals surface area (Å²) in [4.78, 5) is 22.3. The number of rotatable bonds is 6. The fourth-order valence-corrected chi connectivity index (χ4v) is 0.903. The second kappa shape index (κ2) is 7.03. The molecule has 6 nitrogen and oxygen atoms in total. The molecule has 0 aliphatic heterocycles. The molecule has 0 fully saturated rings. The number of carbonyl (C=O) groups is 2. The first kappa shape index (κ1) is 15.6. The van der Waals surface area contributed by atoms with Gasteiger partial charge >= 0.3 is 5.97 Å². The van der Waals surface area contributed by atoms with E-state index in [1.165, 1.54) is 0 Å². The van der Waals surface area contributed by atoms with E-state index < -0.39 is 23.4 Å². The Morgan fingerprint density at radius 1 is 1.47 bits per heavy atom. The molecule has 1 amide bonds. The van der Waals surface area contributed by atoms with Gasteiger partial charge in [0.25, 0.3) is 5.91 Å². The molecule has 0 aliphatic carbocycles. The van der Waals surface area contributed by atoms with Gasteiger partial charge in [-0.1, -0.05) is 13.8 Å². The molecule has 0 aromatic heterocycles. The minimum Gasteiger partial charge on any atom is -0.463 e. The predicted octanol–water partition coefficient (Wildman–Crippen LogP) is -0.441. The van der Waals surface area contributed by atoms with Crippen molar-refractivity contribution in [3.8, 4) is 0 Å². The van der Waals surface area contributed by atoms with Gasteiger partial charge in [-0.3, -0.25) is 4.79 Å². The second-order valence-electron chi connectivity index (χ2n) is 4.14. The van der Waals surface area contributed by atoms with Gasteiger partial charge in [-0.2, -0.15) is 0 Å². The van der Waals surface area contributed by atoms with E-state index in [0.29, 0.717) is 0 Å². The molecule has 98 valence electrons. The number of aliphatic hydroxyl groups is 2. The molecule has 0 aliphatic rings. The fourth-order valence-electron chi connectivity index (χ4n) is 0.903. The maximum Gasteiger partial charge on any atom is 0.332 e. The number of amides is 1. The molecule has 0 heterocycles. The van der Waals surface area contributed by atoms with Gasteiger partial charge in [0.05, 0.1) is 13.2 Å². The smallest absolute Gasteiger partial charge is 0.332 e. The van der Waals surface area contributed by atoms with Crippen LogP contribution < -0.4 is 5.32 Å². The van der Waals surface area contributed by atoms with Crippen molar-refractivity contribution in [3.63, 3.8) is 0 Å². The standard InChI is InChI=1S/C11H19NO5/c1-4-17-8(14)5-6-12-10(16)9(15)11(2,3)7-13/h5-6,9,13,15H,4,7H2,1-3H3,(H,12,16)/b6-5+/t9-/m0/s1. The summed E-state index contributed by atoms with van der Waals surface area (Å²) >= 11 is 0. The lowest BCUT2D eigenvalue weighted by molar-refractivity contribution is -0.137. The van der Waals surface area contributed by atoms with E-state index in [-0.39, 0.29) is 13.2 Å². The van der Waals surface area contributed by atoms with Gasteiger partial charge in [0.1, 0.15) is 6.10 Å². The van der Waals surface area contributed by atoms with Gasteiger partial charge in [-0.25, -0.2) is 4.79 Å². The molecule has 17 heavy (non-hydrogen) atoms. The number of carbonyl (C=O) groups excluding carboxylic acids is 2. The summed E-state index contributed by atoms with van der Waals surface area (Å²) in [6.45, 7) is 4.68. The predicted molar refractivity (Wildman–Crippen MR) is 60.8 cm³/mol. The molecule has 0 unspecified atom stereocenters. The number of aliphatic hydroxyl groups excluding tert-OH is 2. The van der Waals surface area contributed by atoms with Crippen LogP contribution in [0.1, 0.15) is 20.8 Å². The summed E-state index contributed by atoms with van der Waals surface area (Å²) in [5.74, 6) is -1.27. The lowest BCUT2D eigenvalue weighted by atomic mass is 9.87. The van der Waals surface area contributed by atoms with Gasteiger partial charge in [0.2, 0.25) is 0 Å². The molecular formula is C11H19NO5. The van der Waals surface area contributed by atoms with E-state index in [9.17, 15) is 14.7 Å². The fraction of sp³-hybridized carbons (Fsp3) is 0.636. The average molecular weight is 245 g/mol. The third kappa shape index (κ3) is 5.46. The van der Waals surface area contributed by atoms with E-state index >= 15 is 0 Å². The maximum absolute atomic E-state index is 11.4. The second-order valence-corrected chi connectivity index (χ2v) is 4.14. The highest BCUT2D eigenvalue weighted by Gasteiger charge is 2.32. The van der Waals surface area contributed by atoms with Crippen molar-refractivity contribution in [1.82, 2.24) is 5.32 Å². The minimum absolute atomic E-state index is 0.247. The van der Waals surface area contributed by atoms with Crippen molar-refractivity contribution >= 4 is 11.9 Å². The highest BCUT2D eigenvalue weighted by molar-refractivity contribution is 5.85. The van der Waals surface area contributed by atoms with Crippen LogP contribution >= 0.6 is 0 Å². The lowest BCUT2D eigenvalue weighted by Gasteiger charge is -2.26. The Labute approximate surface area is 100 Å². The van der Waals surface area contributed by atoms with Crippen LogP contribution in [0.5, 0.6) is 0 Å². The zero-order valence-corrected chi connectivity index (χ0v) is 10.3. The topological polar surface area (TPSA) is 95.9 Å². The first-order valence-electron chi connectivity index (χ1n) is 5.27. The van der Waals surface area contributed by atoms with E-state index in [0.717, 1.165) is 12.3 Å². The van der Waals surface area contributed by atoms with Crippen LogP contribution in [0.4, 0.5) is 0 Å². The maximum atomic E-state index is 11.4. The molecule has 0 rings (SSSR count). The zero-order chi connectivity index (χ0) is 13.5. The van der Waals surface area contributed by atoms with Gasteiger partial charge in [-0.15, -0.1) is 0 Å². The van der Waals surface area contributed by atoms with Gasteiger partial charge in [0, 0.05) is 17.7 Å². The monoisotopic (exact) mass is 245 g/mol. The summed E-state index contributed by atoms with van der Waals surface area (Å²) < 4.78 is 4.59. The minimum atomic E-state index is -1.36. The number of hydrogen-bond donors (Lipinski definition) is 3. The van der Waals surface area contributed by atoms with Crippen molar-refractivity contribution in [2.75, 3.05) is 13.2 Å². The van der Waals surface area contributed by atoms with Crippen LogP contribution in [0.15, 0.2) is 12.3 Å². The van der Waals surface area contributed by atoms with E-state index in [2.05, 4.69) is 10.1 Å². The normalized spacial score (nSPS) is 13.5. The van der Waals surface area contributed by atoms with E-state index in [1.54, 1.807) is 20.8 Å². The Kier molecular flexibility index (Phi) is 6.45. The molecule has 0 radical (unpaired) electrons. The molecule has 3 N–H and O–H groups in total. The number of nitrogens with one attached hydrogen (secondary N) is 1. The SMILES string of the molecule is CCOC(=O)/C=C/NC(=O)[C@H](O)C(C)(C)CO. The van der Waals surface area contributed by atoms with Crippen molar-refractivity contribution in [3.05, 3.63) is 12.3 Å². The molecule has 0 aromatic rings. The zero-order valence-electron chi connectivity index (χ0n) is 10.3. The number of esters is 1. The van der Waals surface area contributed by atoms with Crippen molar-refractivity contribution in [1.29, 1.82) is 0 Å². The van der Waals surface area contributed by atoms with E-state index in [1.807, 2.05) is 0 Å². The first-order valence-corrected chi connectivity index (χ1v) is 5.27. The summed E-state index contributed by atoms with van der Waals surface area (Å²) in [7, 11) is 0. The summed E-state index contributed by atoms with van der Waals surface area (Å²) in [5.41, 5.74) is -0.943. The Bertz CT molecular complexity index is 298. The molecule has 0 saturated carbocycles. The third-order valence-electron chi connectivity index (χ3n) is 2.13. The highest BCUT2D eigenvalue weighted by Crippen LogP contribution is 2.19. The average Bonchev–Trinajstić information content (AvgIpc) is 2.28. The van der Waals surface area contributed by atoms with Crippen molar-refractivity contribution < 1.29 is 24.5 Å². The Morgan fingerprint density at radius 2 is 2.06 bits per heavy atom. The Hall–Kier alpha value is -1.40. The molecular weight excluding hydrogens is 226 g/mol. The largest absolute Gasteiger partial charge is 0.463 e. The quantitative estimate of drug-likeness (QED) is 0.435. The van der Waals surface area contributed by atoms with Crippen LogP contribution in [-0.2, 0) is 14.3 Å². The van der Waals surface area contributed by atoms with Crippen LogP contribution in [0.2, 0.25) is 0 Å². The summed E-state index contributed by atoms with van der Waals surface area (Å²) in [6.07, 6.45) is 0.774.